The summed E-state index contributed by atoms with van der Waals surface area (Å²) in [6.45, 7) is 2.30. The van der Waals surface area contributed by atoms with E-state index in [0.29, 0.717) is 0 Å². The molecule has 31 heavy (non-hydrogen) atoms. The number of rotatable bonds is 26. The first-order chi connectivity index (χ1) is 15.4. The maximum atomic E-state index is 10.0. The highest BCUT2D eigenvalue weighted by Gasteiger charge is 1.95. The first-order valence-electron chi connectivity index (χ1n) is 14.3. The summed E-state index contributed by atoms with van der Waals surface area (Å²) in [4.78, 5) is 10.0. The third-order valence-corrected chi connectivity index (χ3v) is 6.48. The van der Waals surface area contributed by atoms with Crippen molar-refractivity contribution in [1.82, 2.24) is 0 Å². The van der Waals surface area contributed by atoms with Gasteiger partial charge in [0.25, 0.3) is 0 Å². The number of allylic oxidation sites excluding steroid dienone is 3. The average molecular weight is 433 g/mol. The molecular weight excluding hydrogens is 376 g/mol. The Kier molecular flexibility index (Phi) is 28.4. The van der Waals surface area contributed by atoms with E-state index in [-0.39, 0.29) is 0 Å². The maximum Gasteiger partial charge on any atom is 0.120 e. The Bertz CT molecular complexity index is 391. The molecule has 1 heteroatoms. The molecule has 0 atom stereocenters. The van der Waals surface area contributed by atoms with Crippen molar-refractivity contribution in [3.63, 3.8) is 0 Å². The largest absolute Gasteiger partial charge is 0.234 e. The second-order valence-electron chi connectivity index (χ2n) is 9.60. The molecular formula is C30H56O. The van der Waals surface area contributed by atoms with Gasteiger partial charge in [0.2, 0.25) is 0 Å². The van der Waals surface area contributed by atoms with Gasteiger partial charge in [0.1, 0.15) is 5.94 Å². The van der Waals surface area contributed by atoms with Gasteiger partial charge in [-0.1, -0.05) is 160 Å². The molecule has 0 fully saturated rings. The van der Waals surface area contributed by atoms with Crippen LogP contribution in [0.5, 0.6) is 0 Å². The lowest BCUT2D eigenvalue weighted by Gasteiger charge is -2.04. The van der Waals surface area contributed by atoms with Gasteiger partial charge in [0, 0.05) is 6.08 Å². The van der Waals surface area contributed by atoms with E-state index in [2.05, 4.69) is 19.1 Å². The van der Waals surface area contributed by atoms with Crippen molar-refractivity contribution in [1.29, 1.82) is 0 Å². The highest BCUT2D eigenvalue weighted by Crippen LogP contribution is 2.15. The van der Waals surface area contributed by atoms with Crippen molar-refractivity contribution in [2.24, 2.45) is 0 Å². The molecule has 0 saturated carbocycles. The quantitative estimate of drug-likeness (QED) is 0.0754. The minimum Gasteiger partial charge on any atom is -0.234 e. The van der Waals surface area contributed by atoms with Gasteiger partial charge < -0.3 is 0 Å². The fourth-order valence-electron chi connectivity index (χ4n) is 4.38. The molecule has 0 spiro atoms. The maximum absolute atomic E-state index is 10.0. The standard InChI is InChI=1S/C30H56O/c1-2-3-4-5-6-7-8-9-10-11-12-13-14-15-16-17-18-19-20-21-22-23-24-25-26-27-28-29-30-31/h26-27,29H,2-25,28H2,1H3/b27-26+. The summed E-state index contributed by atoms with van der Waals surface area (Å²) in [6.07, 6.45) is 40.9. The molecule has 0 heterocycles. The summed E-state index contributed by atoms with van der Waals surface area (Å²) in [6, 6.07) is 0. The van der Waals surface area contributed by atoms with E-state index in [1.54, 1.807) is 0 Å². The van der Waals surface area contributed by atoms with Crippen LogP contribution < -0.4 is 0 Å². The molecule has 0 unspecified atom stereocenters. The van der Waals surface area contributed by atoms with Crippen molar-refractivity contribution in [2.75, 3.05) is 0 Å². The predicted molar refractivity (Wildman–Crippen MR) is 141 cm³/mol. The molecule has 0 radical (unpaired) electrons. The number of carbonyl (C=O) groups excluding carboxylic acids is 1. The van der Waals surface area contributed by atoms with E-state index in [1.165, 1.54) is 154 Å². The molecule has 0 aromatic carbocycles. The van der Waals surface area contributed by atoms with Crippen LogP contribution in [0, 0.1) is 0 Å². The molecule has 0 aromatic rings. The van der Waals surface area contributed by atoms with Crippen molar-refractivity contribution >= 4 is 5.94 Å². The normalized spacial score (nSPS) is 11.3. The minimum absolute atomic E-state index is 0.739. The molecule has 182 valence electrons. The van der Waals surface area contributed by atoms with Crippen LogP contribution in [-0.4, -0.2) is 5.94 Å². The van der Waals surface area contributed by atoms with Gasteiger partial charge in [-0.2, -0.15) is 0 Å². The van der Waals surface area contributed by atoms with Crippen molar-refractivity contribution < 1.29 is 4.79 Å². The van der Waals surface area contributed by atoms with Crippen molar-refractivity contribution in [2.45, 2.75) is 167 Å². The molecule has 0 N–H and O–H groups in total. The van der Waals surface area contributed by atoms with Crippen LogP contribution >= 0.6 is 0 Å². The smallest absolute Gasteiger partial charge is 0.120 e. The van der Waals surface area contributed by atoms with Crippen LogP contribution in [0.25, 0.3) is 0 Å². The molecule has 0 aliphatic carbocycles. The van der Waals surface area contributed by atoms with E-state index >= 15 is 0 Å². The summed E-state index contributed by atoms with van der Waals surface area (Å²) in [7, 11) is 0. The van der Waals surface area contributed by atoms with Gasteiger partial charge in [-0.15, -0.1) is 0 Å². The zero-order chi connectivity index (χ0) is 22.5. The summed E-state index contributed by atoms with van der Waals surface area (Å²) < 4.78 is 0. The van der Waals surface area contributed by atoms with Gasteiger partial charge in [-0.3, -0.25) is 0 Å². The third-order valence-electron chi connectivity index (χ3n) is 6.48. The van der Waals surface area contributed by atoms with E-state index in [4.69, 9.17) is 0 Å². The zero-order valence-corrected chi connectivity index (χ0v) is 21.3. The highest BCUT2D eigenvalue weighted by atomic mass is 16.1. The number of unbranched alkanes of at least 4 members (excludes halogenated alkanes) is 23. The lowest BCUT2D eigenvalue weighted by Crippen LogP contribution is -1.84. The lowest BCUT2D eigenvalue weighted by molar-refractivity contribution is 0.518. The van der Waals surface area contributed by atoms with Crippen LogP contribution in [0.1, 0.15) is 167 Å². The first kappa shape index (κ1) is 30.2. The van der Waals surface area contributed by atoms with Crippen molar-refractivity contribution in [3.05, 3.63) is 18.2 Å². The van der Waals surface area contributed by atoms with Gasteiger partial charge >= 0.3 is 0 Å². The Hall–Kier alpha value is -0.810. The van der Waals surface area contributed by atoms with E-state index in [0.717, 1.165) is 12.8 Å². The van der Waals surface area contributed by atoms with E-state index in [9.17, 15) is 4.79 Å². The van der Waals surface area contributed by atoms with Gasteiger partial charge in [-0.25, -0.2) is 4.79 Å². The Morgan fingerprint density at radius 3 is 1.10 bits per heavy atom. The molecule has 1 nitrogen and oxygen atoms in total. The van der Waals surface area contributed by atoms with E-state index < -0.39 is 0 Å². The molecule has 0 rings (SSSR count). The Balaban J connectivity index is 3.03. The van der Waals surface area contributed by atoms with Gasteiger partial charge in [0.05, 0.1) is 0 Å². The lowest BCUT2D eigenvalue weighted by atomic mass is 10.0. The third kappa shape index (κ3) is 29.2. The van der Waals surface area contributed by atoms with Crippen LogP contribution in [0.3, 0.4) is 0 Å². The Morgan fingerprint density at radius 2 is 0.774 bits per heavy atom. The number of hydrogen-bond acceptors (Lipinski definition) is 1. The molecule has 0 saturated heterocycles. The van der Waals surface area contributed by atoms with Gasteiger partial charge in [0.15, 0.2) is 0 Å². The first-order valence-corrected chi connectivity index (χ1v) is 14.3. The van der Waals surface area contributed by atoms with Crippen molar-refractivity contribution in [3.8, 4) is 0 Å². The van der Waals surface area contributed by atoms with Crippen LogP contribution in [0.2, 0.25) is 0 Å². The second kappa shape index (κ2) is 29.2. The van der Waals surface area contributed by atoms with E-state index in [1.807, 2.05) is 5.94 Å². The average Bonchev–Trinajstić information content (AvgIpc) is 2.78. The molecule has 0 bridgehead atoms. The summed E-state index contributed by atoms with van der Waals surface area (Å²) in [5.41, 5.74) is 0. The fourth-order valence-corrected chi connectivity index (χ4v) is 4.38. The number of hydrogen-bond donors (Lipinski definition) is 0. The second-order valence-corrected chi connectivity index (χ2v) is 9.60. The zero-order valence-electron chi connectivity index (χ0n) is 21.3. The fraction of sp³-hybridized carbons (Fsp3) is 0.867. The molecule has 0 aromatic heterocycles. The monoisotopic (exact) mass is 432 g/mol. The van der Waals surface area contributed by atoms with Gasteiger partial charge in [-0.05, 0) is 19.3 Å². The molecule has 0 amide bonds. The highest BCUT2D eigenvalue weighted by molar-refractivity contribution is 5.45. The molecule has 0 aliphatic rings. The van der Waals surface area contributed by atoms with Crippen LogP contribution in [-0.2, 0) is 4.79 Å². The summed E-state index contributed by atoms with van der Waals surface area (Å²) in [5.74, 6) is 1.81. The molecule has 0 aliphatic heterocycles. The summed E-state index contributed by atoms with van der Waals surface area (Å²) >= 11 is 0. The summed E-state index contributed by atoms with van der Waals surface area (Å²) in [5, 5.41) is 0. The Labute approximate surface area is 196 Å². The van der Waals surface area contributed by atoms with Crippen LogP contribution in [0.15, 0.2) is 18.2 Å². The van der Waals surface area contributed by atoms with Crippen LogP contribution in [0.4, 0.5) is 0 Å². The topological polar surface area (TPSA) is 17.1 Å². The SMILES string of the molecule is CCCCCCCCCCCCCCCCCCCCCCCCC/C=C/CC=C=O. The Morgan fingerprint density at radius 1 is 0.452 bits per heavy atom. The minimum atomic E-state index is 0.739. The predicted octanol–water partition coefficient (Wildman–Crippen LogP) is 10.7.